The molecule has 1 aliphatic rings. The fraction of sp³-hybridized carbons (Fsp3) is 0.455. The van der Waals surface area contributed by atoms with Crippen molar-refractivity contribution >= 4 is 54.4 Å². The van der Waals surface area contributed by atoms with Gasteiger partial charge < -0.3 is 20.4 Å². The molecule has 1 saturated heterocycles. The van der Waals surface area contributed by atoms with E-state index in [2.05, 4.69) is 24.5 Å². The normalized spacial score (nSPS) is 19.9. The maximum Gasteiger partial charge on any atom is 1.00 e. The molecule has 29 heavy (non-hydrogen) atoms. The third-order valence-corrected chi connectivity index (χ3v) is 5.48. The number of hydrogen-bond acceptors (Lipinski definition) is 13. The van der Waals surface area contributed by atoms with Crippen LogP contribution in [-0.2, 0) is 39.0 Å². The SMILES string of the molecule is CON=C(C(=O)NC1C(=O)N(S(=O)(=O)[O-])C1COS(C)(=O)=O)c1csc(N)n1.[Na+]. The predicted molar refractivity (Wildman–Crippen MR) is 93.1 cm³/mol. The molecule has 1 aromatic rings. The van der Waals surface area contributed by atoms with Crippen LogP contribution < -0.4 is 40.6 Å². The zero-order valence-corrected chi connectivity index (χ0v) is 19.7. The Bertz CT molecular complexity index is 1020. The second-order valence-electron chi connectivity index (χ2n) is 5.29. The van der Waals surface area contributed by atoms with E-state index in [1.807, 2.05) is 0 Å². The largest absolute Gasteiger partial charge is 1.00 e. The van der Waals surface area contributed by atoms with Crippen LogP contribution in [0.2, 0.25) is 0 Å². The summed E-state index contributed by atoms with van der Waals surface area (Å²) in [6.07, 6.45) is 0.688. The number of hydrogen-bond donors (Lipinski definition) is 2. The Morgan fingerprint density at radius 1 is 1.45 bits per heavy atom. The summed E-state index contributed by atoms with van der Waals surface area (Å²) in [5.41, 5.74) is 5.13. The first-order valence-corrected chi connectivity index (χ1v) is 11.2. The first kappa shape index (κ1) is 25.7. The molecule has 18 heteroatoms. The van der Waals surface area contributed by atoms with Crippen molar-refractivity contribution in [2.45, 2.75) is 12.1 Å². The monoisotopic (exact) mass is 479 g/mol. The van der Waals surface area contributed by atoms with Crippen molar-refractivity contribution < 1.29 is 69.6 Å². The number of thiazole rings is 1. The standard InChI is InChI=1S/C11H15N5O9S3.Na/c1-24-15-7(5-4-26-11(12)13-5)9(17)14-8-6(3-25-27(2,19)20)16(10(8)18)28(21,22)23;/h4,6,8H,3H2,1-2H3,(H2,12,13)(H,14,17)(H,21,22,23);/q;+1/p-1. The number of anilines is 1. The fourth-order valence-corrected chi connectivity index (χ4v) is 3.99. The van der Waals surface area contributed by atoms with Crippen molar-refractivity contribution in [1.82, 2.24) is 14.6 Å². The van der Waals surface area contributed by atoms with Crippen LogP contribution in [0.25, 0.3) is 0 Å². The molecule has 14 nitrogen and oxygen atoms in total. The van der Waals surface area contributed by atoms with E-state index in [4.69, 9.17) is 5.73 Å². The van der Waals surface area contributed by atoms with E-state index in [0.717, 1.165) is 18.4 Å². The summed E-state index contributed by atoms with van der Waals surface area (Å²) in [6, 6.07) is -3.13. The minimum atomic E-state index is -5.25. The van der Waals surface area contributed by atoms with Gasteiger partial charge in [0.2, 0.25) is 0 Å². The quantitative estimate of drug-likeness (QED) is 0.0895. The van der Waals surface area contributed by atoms with Gasteiger partial charge in [0.05, 0.1) is 12.9 Å². The Balaban J connectivity index is 0.00000420. The number of aromatic nitrogens is 1. The number of nitrogens with zero attached hydrogens (tertiary/aromatic N) is 3. The zero-order valence-electron chi connectivity index (χ0n) is 15.3. The van der Waals surface area contributed by atoms with Gasteiger partial charge in [-0.2, -0.15) is 8.42 Å². The second kappa shape index (κ2) is 9.65. The van der Waals surface area contributed by atoms with Gasteiger partial charge in [-0.3, -0.25) is 13.8 Å². The summed E-state index contributed by atoms with van der Waals surface area (Å²) in [7, 11) is -8.12. The van der Waals surface area contributed by atoms with E-state index in [9.17, 15) is 31.0 Å². The van der Waals surface area contributed by atoms with Crippen LogP contribution >= 0.6 is 11.3 Å². The zero-order chi connectivity index (χ0) is 21.3. The number of β-lactam (4-membered cyclic amide) rings is 1. The summed E-state index contributed by atoms with van der Waals surface area (Å²) in [4.78, 5) is 32.9. The van der Waals surface area contributed by atoms with Crippen LogP contribution in [-0.4, -0.2) is 80.3 Å². The van der Waals surface area contributed by atoms with Gasteiger partial charge in [-0.05, 0) is 0 Å². The van der Waals surface area contributed by atoms with Crippen molar-refractivity contribution in [3.05, 3.63) is 11.1 Å². The van der Waals surface area contributed by atoms with Gasteiger partial charge >= 0.3 is 29.6 Å². The summed E-state index contributed by atoms with van der Waals surface area (Å²) in [5.74, 6) is -2.27. The predicted octanol–water partition coefficient (Wildman–Crippen LogP) is -5.79. The molecule has 0 saturated carbocycles. The molecule has 156 valence electrons. The molecule has 0 spiro atoms. The van der Waals surface area contributed by atoms with Gasteiger partial charge in [-0.15, -0.1) is 11.3 Å². The molecule has 2 atom stereocenters. The van der Waals surface area contributed by atoms with E-state index < -0.39 is 50.9 Å². The van der Waals surface area contributed by atoms with E-state index in [0.29, 0.717) is 6.26 Å². The molecule has 0 radical (unpaired) electrons. The number of nitrogens with one attached hydrogen (secondary N) is 1. The maximum absolute atomic E-state index is 12.4. The smallest absolute Gasteiger partial charge is 0.731 e. The molecular formula is C11H14N5NaO9S3. The average Bonchev–Trinajstić information content (AvgIpc) is 2.97. The number of nitrogen functional groups attached to an aromatic ring is 1. The Labute approximate surface area is 191 Å². The van der Waals surface area contributed by atoms with Crippen LogP contribution in [0, 0.1) is 0 Å². The van der Waals surface area contributed by atoms with Crippen molar-refractivity contribution in [2.24, 2.45) is 5.16 Å². The molecule has 0 aliphatic carbocycles. The Morgan fingerprint density at radius 2 is 2.07 bits per heavy atom. The molecular weight excluding hydrogens is 465 g/mol. The van der Waals surface area contributed by atoms with Crippen LogP contribution in [0.1, 0.15) is 5.69 Å². The van der Waals surface area contributed by atoms with Gasteiger partial charge in [-0.1, -0.05) is 5.16 Å². The van der Waals surface area contributed by atoms with Gasteiger partial charge in [0.1, 0.15) is 24.9 Å². The molecule has 1 aromatic heterocycles. The van der Waals surface area contributed by atoms with Crippen molar-refractivity contribution in [3.8, 4) is 0 Å². The fourth-order valence-electron chi connectivity index (χ4n) is 2.21. The van der Waals surface area contributed by atoms with Gasteiger partial charge in [-0.25, -0.2) is 17.7 Å². The number of amides is 2. The van der Waals surface area contributed by atoms with E-state index in [1.165, 1.54) is 5.38 Å². The topological polar surface area (TPSA) is 210 Å². The van der Waals surface area contributed by atoms with E-state index in [1.54, 1.807) is 0 Å². The van der Waals surface area contributed by atoms with Crippen molar-refractivity contribution in [1.29, 1.82) is 0 Å². The van der Waals surface area contributed by atoms with Gasteiger partial charge in [0, 0.05) is 5.38 Å². The van der Waals surface area contributed by atoms with E-state index >= 15 is 0 Å². The molecule has 0 aromatic carbocycles. The summed E-state index contributed by atoms with van der Waals surface area (Å²) >= 11 is 0.998. The number of oxime groups is 1. The first-order valence-electron chi connectivity index (χ1n) is 7.12. The summed E-state index contributed by atoms with van der Waals surface area (Å²) in [6.45, 7) is -0.864. The minimum Gasteiger partial charge on any atom is -0.731 e. The minimum absolute atomic E-state index is 0. The number of rotatable bonds is 8. The number of carbonyl (C=O) groups is 2. The Kier molecular flexibility index (Phi) is 8.55. The van der Waals surface area contributed by atoms with Gasteiger partial charge in [0.15, 0.2) is 21.1 Å². The molecule has 0 bridgehead atoms. The van der Waals surface area contributed by atoms with E-state index in [-0.39, 0.29) is 50.4 Å². The third kappa shape index (κ3) is 6.32. The molecule has 1 aliphatic heterocycles. The van der Waals surface area contributed by atoms with Gasteiger partial charge in [0.25, 0.3) is 21.9 Å². The molecule has 2 rings (SSSR count). The molecule has 3 N–H and O–H groups in total. The third-order valence-electron chi connectivity index (χ3n) is 3.31. The molecule has 1 fully saturated rings. The first-order chi connectivity index (χ1) is 12.8. The van der Waals surface area contributed by atoms with Crippen molar-refractivity contribution in [3.63, 3.8) is 0 Å². The Hall–Kier alpha value is -1.34. The van der Waals surface area contributed by atoms with Crippen molar-refractivity contribution in [2.75, 3.05) is 25.7 Å². The molecule has 2 amide bonds. The molecule has 2 heterocycles. The second-order valence-corrected chi connectivity index (χ2v) is 9.07. The van der Waals surface area contributed by atoms with Crippen LogP contribution in [0.5, 0.6) is 0 Å². The molecule has 2 unspecified atom stereocenters. The average molecular weight is 479 g/mol. The van der Waals surface area contributed by atoms with Crippen LogP contribution in [0.4, 0.5) is 5.13 Å². The Morgan fingerprint density at radius 3 is 2.52 bits per heavy atom. The maximum atomic E-state index is 12.4. The summed E-state index contributed by atoms with van der Waals surface area (Å²) < 4.78 is 60.2. The number of nitrogens with two attached hydrogens (primary N) is 1. The number of carbonyl (C=O) groups excluding carboxylic acids is 2. The van der Waals surface area contributed by atoms with Crippen LogP contribution in [0.15, 0.2) is 10.5 Å². The summed E-state index contributed by atoms with van der Waals surface area (Å²) in [5, 5.41) is 7.14. The van der Waals surface area contributed by atoms with Crippen LogP contribution in [0.3, 0.4) is 0 Å².